The van der Waals surface area contributed by atoms with Gasteiger partial charge >= 0.3 is 0 Å². The smallest absolute Gasteiger partial charge is 0.0222 e. The Morgan fingerprint density at radius 2 is 2.10 bits per heavy atom. The Balaban J connectivity index is 0. The summed E-state index contributed by atoms with van der Waals surface area (Å²) in [7, 11) is 0. The number of allylic oxidation sites excluding steroid dienone is 1. The summed E-state index contributed by atoms with van der Waals surface area (Å²) in [5.74, 6) is 0. The maximum absolute atomic E-state index is 5.61. The van der Waals surface area contributed by atoms with E-state index in [-0.39, 0.29) is 18.4 Å². The highest BCUT2D eigenvalue weighted by Crippen LogP contribution is 2.00. The molecule has 0 saturated heterocycles. The van der Waals surface area contributed by atoms with Crippen LogP contribution in [0.4, 0.5) is 0 Å². The molecule has 0 heterocycles. The van der Waals surface area contributed by atoms with Crippen molar-refractivity contribution in [3.05, 3.63) is 11.6 Å². The maximum atomic E-state index is 5.61. The summed E-state index contributed by atoms with van der Waals surface area (Å²) >= 11 is 0. The summed E-state index contributed by atoms with van der Waals surface area (Å²) in [6.07, 6.45) is 4.59. The van der Waals surface area contributed by atoms with Gasteiger partial charge in [-0.05, 0) is 20.3 Å². The summed E-state index contributed by atoms with van der Waals surface area (Å²) in [5.41, 5.74) is 6.91. The van der Waals surface area contributed by atoms with Gasteiger partial charge in [0.25, 0.3) is 0 Å². The van der Waals surface area contributed by atoms with Gasteiger partial charge < -0.3 is 5.73 Å². The molecular formula is C8H18ClN. The van der Waals surface area contributed by atoms with Crippen molar-refractivity contribution in [2.45, 2.75) is 39.7 Å². The van der Waals surface area contributed by atoms with E-state index < -0.39 is 0 Å². The van der Waals surface area contributed by atoms with Crippen LogP contribution in [0.25, 0.3) is 0 Å². The number of hydrogen-bond acceptors (Lipinski definition) is 1. The van der Waals surface area contributed by atoms with E-state index in [4.69, 9.17) is 5.73 Å². The molecule has 0 aliphatic carbocycles. The first-order valence-corrected chi connectivity index (χ1v) is 3.60. The molecule has 0 bridgehead atoms. The SMILES string of the molecule is CCCC=C(C)C(C)N.Cl. The number of halogens is 1. The van der Waals surface area contributed by atoms with Crippen LogP contribution in [0.5, 0.6) is 0 Å². The van der Waals surface area contributed by atoms with E-state index in [2.05, 4.69) is 19.9 Å². The molecular weight excluding hydrogens is 146 g/mol. The molecule has 10 heavy (non-hydrogen) atoms. The van der Waals surface area contributed by atoms with Crippen LogP contribution in [0, 0.1) is 0 Å². The molecule has 0 rings (SSSR count). The second-order valence-corrected chi connectivity index (χ2v) is 2.53. The van der Waals surface area contributed by atoms with Crippen molar-refractivity contribution in [1.82, 2.24) is 0 Å². The van der Waals surface area contributed by atoms with Crippen molar-refractivity contribution in [3.8, 4) is 0 Å². The molecule has 0 aromatic rings. The highest BCUT2D eigenvalue weighted by molar-refractivity contribution is 5.85. The highest BCUT2D eigenvalue weighted by Gasteiger charge is 1.92. The summed E-state index contributed by atoms with van der Waals surface area (Å²) < 4.78 is 0. The first-order valence-electron chi connectivity index (χ1n) is 3.60. The van der Waals surface area contributed by atoms with E-state index in [9.17, 15) is 0 Å². The zero-order valence-electron chi connectivity index (χ0n) is 7.05. The lowest BCUT2D eigenvalue weighted by atomic mass is 10.1. The maximum Gasteiger partial charge on any atom is 0.0222 e. The van der Waals surface area contributed by atoms with Gasteiger partial charge in [-0.1, -0.05) is 25.0 Å². The Labute approximate surface area is 70.1 Å². The molecule has 0 aromatic heterocycles. The fourth-order valence-electron chi connectivity index (χ4n) is 0.558. The van der Waals surface area contributed by atoms with Gasteiger partial charge in [0.15, 0.2) is 0 Å². The first kappa shape index (κ1) is 12.6. The average Bonchev–Trinajstić information content (AvgIpc) is 1.82. The molecule has 1 nitrogen and oxygen atoms in total. The van der Waals surface area contributed by atoms with Crippen molar-refractivity contribution >= 4 is 12.4 Å². The molecule has 0 saturated carbocycles. The van der Waals surface area contributed by atoms with E-state index in [0.717, 1.165) is 6.42 Å². The van der Waals surface area contributed by atoms with E-state index in [1.54, 1.807) is 0 Å². The zero-order chi connectivity index (χ0) is 7.28. The first-order chi connectivity index (χ1) is 4.18. The van der Waals surface area contributed by atoms with Crippen molar-refractivity contribution in [1.29, 1.82) is 0 Å². The van der Waals surface area contributed by atoms with Gasteiger partial charge in [0.1, 0.15) is 0 Å². The summed E-state index contributed by atoms with van der Waals surface area (Å²) in [4.78, 5) is 0. The van der Waals surface area contributed by atoms with Crippen LogP contribution >= 0.6 is 12.4 Å². The quantitative estimate of drug-likeness (QED) is 0.636. The van der Waals surface area contributed by atoms with Gasteiger partial charge in [-0.2, -0.15) is 0 Å². The van der Waals surface area contributed by atoms with Crippen LogP contribution in [0.3, 0.4) is 0 Å². The Bertz CT molecular complexity index is 97.4. The van der Waals surface area contributed by atoms with Crippen molar-refractivity contribution < 1.29 is 0 Å². The minimum absolute atomic E-state index is 0. The van der Waals surface area contributed by atoms with Crippen LogP contribution in [0.1, 0.15) is 33.6 Å². The van der Waals surface area contributed by atoms with Crippen LogP contribution in [-0.4, -0.2) is 6.04 Å². The van der Waals surface area contributed by atoms with Gasteiger partial charge in [0.05, 0.1) is 0 Å². The molecule has 2 heteroatoms. The van der Waals surface area contributed by atoms with Crippen molar-refractivity contribution in [3.63, 3.8) is 0 Å². The molecule has 62 valence electrons. The molecule has 0 aromatic carbocycles. The summed E-state index contributed by atoms with van der Waals surface area (Å²) in [6, 6.07) is 0.233. The lowest BCUT2D eigenvalue weighted by Crippen LogP contribution is -2.15. The zero-order valence-corrected chi connectivity index (χ0v) is 7.87. The predicted octanol–water partition coefficient (Wildman–Crippen LogP) is 2.50. The minimum atomic E-state index is 0. The molecule has 1 atom stereocenters. The fraction of sp³-hybridized carbons (Fsp3) is 0.750. The summed E-state index contributed by atoms with van der Waals surface area (Å²) in [6.45, 7) is 6.27. The molecule has 1 unspecified atom stereocenters. The fourth-order valence-corrected chi connectivity index (χ4v) is 0.558. The van der Waals surface area contributed by atoms with Crippen LogP contribution < -0.4 is 5.73 Å². The molecule has 0 radical (unpaired) electrons. The average molecular weight is 164 g/mol. The monoisotopic (exact) mass is 163 g/mol. The lowest BCUT2D eigenvalue weighted by molar-refractivity contribution is 0.838. The molecule has 0 amide bonds. The topological polar surface area (TPSA) is 26.0 Å². The van der Waals surface area contributed by atoms with Gasteiger partial charge in [0.2, 0.25) is 0 Å². The molecule has 0 spiro atoms. The van der Waals surface area contributed by atoms with E-state index in [1.165, 1.54) is 12.0 Å². The van der Waals surface area contributed by atoms with Crippen LogP contribution in [0.2, 0.25) is 0 Å². The number of rotatable bonds is 3. The minimum Gasteiger partial charge on any atom is -0.324 e. The molecule has 0 aliphatic rings. The second kappa shape index (κ2) is 7.10. The van der Waals surface area contributed by atoms with Crippen LogP contribution in [-0.2, 0) is 0 Å². The third kappa shape index (κ3) is 6.12. The molecule has 0 fully saturated rings. The standard InChI is InChI=1S/C8H17N.ClH/c1-4-5-6-7(2)8(3)9;/h6,8H,4-5,9H2,1-3H3;1H. The summed E-state index contributed by atoms with van der Waals surface area (Å²) in [5, 5.41) is 0. The molecule has 0 aliphatic heterocycles. The second-order valence-electron chi connectivity index (χ2n) is 2.53. The third-order valence-corrected chi connectivity index (χ3v) is 1.47. The van der Waals surface area contributed by atoms with E-state index >= 15 is 0 Å². The van der Waals surface area contributed by atoms with E-state index in [1.807, 2.05) is 6.92 Å². The number of unbranched alkanes of at least 4 members (excludes halogenated alkanes) is 1. The van der Waals surface area contributed by atoms with Crippen molar-refractivity contribution in [2.75, 3.05) is 0 Å². The van der Waals surface area contributed by atoms with Crippen molar-refractivity contribution in [2.24, 2.45) is 5.73 Å². The highest BCUT2D eigenvalue weighted by atomic mass is 35.5. The van der Waals surface area contributed by atoms with Crippen LogP contribution in [0.15, 0.2) is 11.6 Å². The van der Waals surface area contributed by atoms with Gasteiger partial charge in [-0.3, -0.25) is 0 Å². The van der Waals surface area contributed by atoms with E-state index in [0.29, 0.717) is 0 Å². The molecule has 2 N–H and O–H groups in total. The van der Waals surface area contributed by atoms with Gasteiger partial charge in [-0.15, -0.1) is 12.4 Å². The Hall–Kier alpha value is -0.0100. The Morgan fingerprint density at radius 1 is 1.60 bits per heavy atom. The number of hydrogen-bond donors (Lipinski definition) is 1. The lowest BCUT2D eigenvalue weighted by Gasteiger charge is -2.03. The predicted molar refractivity (Wildman–Crippen MR) is 49.6 cm³/mol. The normalized spacial score (nSPS) is 14.2. The Morgan fingerprint density at radius 3 is 2.40 bits per heavy atom. The number of nitrogens with two attached hydrogens (primary N) is 1. The van der Waals surface area contributed by atoms with Gasteiger partial charge in [0, 0.05) is 6.04 Å². The third-order valence-electron chi connectivity index (χ3n) is 1.47. The van der Waals surface area contributed by atoms with Gasteiger partial charge in [-0.25, -0.2) is 0 Å². The Kier molecular flexibility index (Phi) is 8.98. The largest absolute Gasteiger partial charge is 0.324 e.